The molecule has 0 spiro atoms. The summed E-state index contributed by atoms with van der Waals surface area (Å²) in [5.74, 6) is 0. The molecule has 2 heterocycles. The standard InChI is InChI=1S/C13H17N3/c1-8-5-6-15-11-10(8)7-9(2)16-12(11)13(3,4)14/h5-7H,14H2,1-4H3. The molecule has 0 saturated heterocycles. The maximum Gasteiger partial charge on any atom is 0.0939 e. The molecule has 0 unspecified atom stereocenters. The van der Waals surface area contributed by atoms with E-state index < -0.39 is 5.54 Å². The number of hydrogen-bond acceptors (Lipinski definition) is 3. The molecule has 0 aromatic carbocycles. The topological polar surface area (TPSA) is 51.8 Å². The van der Waals surface area contributed by atoms with Crippen LogP contribution in [0.4, 0.5) is 0 Å². The van der Waals surface area contributed by atoms with Crippen LogP contribution in [-0.2, 0) is 5.54 Å². The van der Waals surface area contributed by atoms with Crippen LogP contribution in [0.15, 0.2) is 18.3 Å². The van der Waals surface area contributed by atoms with Crippen LogP contribution in [0, 0.1) is 13.8 Å². The summed E-state index contributed by atoms with van der Waals surface area (Å²) in [7, 11) is 0. The van der Waals surface area contributed by atoms with Gasteiger partial charge in [0.2, 0.25) is 0 Å². The van der Waals surface area contributed by atoms with Crippen LogP contribution in [0.2, 0.25) is 0 Å². The van der Waals surface area contributed by atoms with Gasteiger partial charge in [-0.2, -0.15) is 0 Å². The van der Waals surface area contributed by atoms with Gasteiger partial charge in [0.1, 0.15) is 0 Å². The van der Waals surface area contributed by atoms with Crippen LogP contribution < -0.4 is 5.73 Å². The fraction of sp³-hybridized carbons (Fsp3) is 0.385. The van der Waals surface area contributed by atoms with Gasteiger partial charge in [-0.15, -0.1) is 0 Å². The molecule has 2 aromatic rings. The monoisotopic (exact) mass is 215 g/mol. The van der Waals surface area contributed by atoms with E-state index in [2.05, 4.69) is 23.0 Å². The Balaban J connectivity index is 2.89. The Labute approximate surface area is 95.7 Å². The Bertz CT molecular complexity index is 539. The average Bonchev–Trinajstić information content (AvgIpc) is 2.17. The first-order valence-corrected chi connectivity index (χ1v) is 5.42. The van der Waals surface area contributed by atoms with Crippen LogP contribution in [0.25, 0.3) is 10.9 Å². The van der Waals surface area contributed by atoms with Crippen LogP contribution in [-0.4, -0.2) is 9.97 Å². The number of nitrogens with zero attached hydrogens (tertiary/aromatic N) is 2. The first-order valence-electron chi connectivity index (χ1n) is 5.42. The molecule has 16 heavy (non-hydrogen) atoms. The van der Waals surface area contributed by atoms with Crippen molar-refractivity contribution in [3.8, 4) is 0 Å². The summed E-state index contributed by atoms with van der Waals surface area (Å²) < 4.78 is 0. The molecule has 2 aromatic heterocycles. The third kappa shape index (κ3) is 1.78. The van der Waals surface area contributed by atoms with Gasteiger partial charge in [0.15, 0.2) is 0 Å². The molecule has 0 radical (unpaired) electrons. The molecule has 3 nitrogen and oxygen atoms in total. The molecule has 0 bridgehead atoms. The number of aryl methyl sites for hydroxylation is 2. The highest BCUT2D eigenvalue weighted by Gasteiger charge is 2.20. The maximum absolute atomic E-state index is 6.14. The molecule has 0 saturated carbocycles. The van der Waals surface area contributed by atoms with Crippen molar-refractivity contribution >= 4 is 10.9 Å². The van der Waals surface area contributed by atoms with E-state index in [1.807, 2.05) is 33.0 Å². The lowest BCUT2D eigenvalue weighted by molar-refractivity contribution is 0.538. The molecule has 3 heteroatoms. The molecule has 2 N–H and O–H groups in total. The Kier molecular flexibility index (Phi) is 2.43. The molecule has 0 aliphatic rings. The zero-order valence-corrected chi connectivity index (χ0v) is 10.2. The highest BCUT2D eigenvalue weighted by atomic mass is 14.9. The quantitative estimate of drug-likeness (QED) is 0.795. The van der Waals surface area contributed by atoms with Crippen molar-refractivity contribution in [2.75, 3.05) is 0 Å². The van der Waals surface area contributed by atoms with E-state index in [1.54, 1.807) is 0 Å². The molecule has 0 amide bonds. The fourth-order valence-corrected chi connectivity index (χ4v) is 1.86. The molecule has 0 aliphatic carbocycles. The van der Waals surface area contributed by atoms with Crippen LogP contribution in [0.1, 0.15) is 30.8 Å². The summed E-state index contributed by atoms with van der Waals surface area (Å²) in [6.45, 7) is 7.98. The predicted octanol–water partition coefficient (Wildman–Crippen LogP) is 2.44. The Morgan fingerprint density at radius 2 is 1.94 bits per heavy atom. The van der Waals surface area contributed by atoms with Crippen molar-refractivity contribution in [3.63, 3.8) is 0 Å². The number of rotatable bonds is 1. The first kappa shape index (κ1) is 11.0. The van der Waals surface area contributed by atoms with Crippen molar-refractivity contribution < 1.29 is 0 Å². The van der Waals surface area contributed by atoms with Gasteiger partial charge in [-0.1, -0.05) is 0 Å². The van der Waals surface area contributed by atoms with E-state index >= 15 is 0 Å². The van der Waals surface area contributed by atoms with Gasteiger partial charge >= 0.3 is 0 Å². The second-order valence-electron chi connectivity index (χ2n) is 4.86. The summed E-state index contributed by atoms with van der Waals surface area (Å²) in [4.78, 5) is 8.93. The van der Waals surface area contributed by atoms with Crippen molar-refractivity contribution in [2.45, 2.75) is 33.2 Å². The van der Waals surface area contributed by atoms with Crippen molar-refractivity contribution in [3.05, 3.63) is 35.3 Å². The van der Waals surface area contributed by atoms with Gasteiger partial charge < -0.3 is 5.73 Å². The molecule has 0 aliphatic heterocycles. The van der Waals surface area contributed by atoms with Gasteiger partial charge in [0.05, 0.1) is 16.7 Å². The van der Waals surface area contributed by atoms with Crippen LogP contribution >= 0.6 is 0 Å². The van der Waals surface area contributed by atoms with E-state index in [0.717, 1.165) is 22.3 Å². The number of fused-ring (bicyclic) bond motifs is 1. The van der Waals surface area contributed by atoms with E-state index in [1.165, 1.54) is 5.56 Å². The summed E-state index contributed by atoms with van der Waals surface area (Å²) in [5.41, 5.74) is 9.65. The van der Waals surface area contributed by atoms with E-state index in [4.69, 9.17) is 5.73 Å². The molecular formula is C13H17N3. The maximum atomic E-state index is 6.14. The highest BCUT2D eigenvalue weighted by molar-refractivity contribution is 5.84. The predicted molar refractivity (Wildman–Crippen MR) is 66.2 cm³/mol. The van der Waals surface area contributed by atoms with Crippen molar-refractivity contribution in [1.82, 2.24) is 9.97 Å². The molecular weight excluding hydrogens is 198 g/mol. The third-order valence-electron chi connectivity index (χ3n) is 2.68. The molecule has 84 valence electrons. The van der Waals surface area contributed by atoms with Crippen LogP contribution in [0.5, 0.6) is 0 Å². The highest BCUT2D eigenvalue weighted by Crippen LogP contribution is 2.25. The minimum atomic E-state index is -0.467. The lowest BCUT2D eigenvalue weighted by Gasteiger charge is -2.20. The van der Waals surface area contributed by atoms with Crippen molar-refractivity contribution in [2.24, 2.45) is 5.73 Å². The minimum Gasteiger partial charge on any atom is -0.321 e. The summed E-state index contributed by atoms with van der Waals surface area (Å²) in [5, 5.41) is 1.14. The molecule has 0 atom stereocenters. The molecule has 0 fully saturated rings. The van der Waals surface area contributed by atoms with E-state index in [-0.39, 0.29) is 0 Å². The second kappa shape index (κ2) is 3.52. The summed E-state index contributed by atoms with van der Waals surface area (Å²) >= 11 is 0. The molecule has 2 rings (SSSR count). The Morgan fingerprint density at radius 1 is 1.25 bits per heavy atom. The first-order chi connectivity index (χ1) is 7.39. The number of pyridine rings is 2. The van der Waals surface area contributed by atoms with E-state index in [0.29, 0.717) is 0 Å². The summed E-state index contributed by atoms with van der Waals surface area (Å²) in [6, 6.07) is 4.07. The minimum absolute atomic E-state index is 0.467. The van der Waals surface area contributed by atoms with Gasteiger partial charge in [0.25, 0.3) is 0 Å². The van der Waals surface area contributed by atoms with Gasteiger partial charge in [-0.3, -0.25) is 9.97 Å². The van der Waals surface area contributed by atoms with Gasteiger partial charge in [0, 0.05) is 17.3 Å². The summed E-state index contributed by atoms with van der Waals surface area (Å²) in [6.07, 6.45) is 1.81. The van der Waals surface area contributed by atoms with E-state index in [9.17, 15) is 0 Å². The number of aromatic nitrogens is 2. The number of hydrogen-bond donors (Lipinski definition) is 1. The largest absolute Gasteiger partial charge is 0.321 e. The third-order valence-corrected chi connectivity index (χ3v) is 2.68. The smallest absolute Gasteiger partial charge is 0.0939 e. The normalized spacial score (nSPS) is 12.1. The average molecular weight is 215 g/mol. The fourth-order valence-electron chi connectivity index (χ4n) is 1.86. The second-order valence-corrected chi connectivity index (χ2v) is 4.86. The van der Waals surface area contributed by atoms with Crippen LogP contribution in [0.3, 0.4) is 0 Å². The van der Waals surface area contributed by atoms with Gasteiger partial charge in [-0.25, -0.2) is 0 Å². The van der Waals surface area contributed by atoms with Crippen molar-refractivity contribution in [1.29, 1.82) is 0 Å². The zero-order chi connectivity index (χ0) is 11.9. The SMILES string of the molecule is Cc1cc2c(C)ccnc2c(C(C)(C)N)n1. The van der Waals surface area contributed by atoms with Gasteiger partial charge in [-0.05, 0) is 45.4 Å². The number of nitrogens with two attached hydrogens (primary N) is 1. The zero-order valence-electron chi connectivity index (χ0n) is 10.2. The Hall–Kier alpha value is -1.48. The Morgan fingerprint density at radius 3 is 2.56 bits per heavy atom. The lowest BCUT2D eigenvalue weighted by Crippen LogP contribution is -2.30. The lowest BCUT2D eigenvalue weighted by atomic mass is 9.97.